The molecule has 0 aliphatic heterocycles. The van der Waals surface area contributed by atoms with E-state index in [1.807, 2.05) is 49.4 Å². The Morgan fingerprint density at radius 2 is 1.56 bits per heavy atom. The highest BCUT2D eigenvalue weighted by atomic mass is 16.1. The summed E-state index contributed by atoms with van der Waals surface area (Å²) in [6.45, 7) is 2.84. The van der Waals surface area contributed by atoms with Gasteiger partial charge in [-0.25, -0.2) is 0 Å². The summed E-state index contributed by atoms with van der Waals surface area (Å²) in [6.07, 6.45) is 0. The Kier molecular flexibility index (Phi) is 3.97. The van der Waals surface area contributed by atoms with Crippen molar-refractivity contribution in [2.24, 2.45) is 0 Å². The van der Waals surface area contributed by atoms with E-state index in [4.69, 9.17) is 0 Å². The number of para-hydroxylation sites is 2. The van der Waals surface area contributed by atoms with Crippen LogP contribution in [-0.2, 0) is 0 Å². The van der Waals surface area contributed by atoms with Crippen LogP contribution >= 0.6 is 0 Å². The molecule has 0 spiro atoms. The quantitative estimate of drug-likeness (QED) is 0.860. The predicted molar refractivity (Wildman–Crippen MR) is 75.0 cm³/mol. The highest BCUT2D eigenvalue weighted by Crippen LogP contribution is 2.21. The second kappa shape index (κ2) is 5.87. The monoisotopic (exact) mass is 240 g/mol. The van der Waals surface area contributed by atoms with Crippen molar-refractivity contribution in [3.05, 3.63) is 60.2 Å². The largest absolute Gasteiger partial charge is 0.384 e. The summed E-state index contributed by atoms with van der Waals surface area (Å²) >= 11 is 0. The first-order valence-electron chi connectivity index (χ1n) is 6.00. The number of rotatable bonds is 4. The van der Waals surface area contributed by atoms with Crippen molar-refractivity contribution < 1.29 is 4.79 Å². The van der Waals surface area contributed by atoms with Crippen molar-refractivity contribution in [3.8, 4) is 0 Å². The van der Waals surface area contributed by atoms with E-state index in [1.165, 1.54) is 0 Å². The molecule has 18 heavy (non-hydrogen) atoms. The summed E-state index contributed by atoms with van der Waals surface area (Å²) < 4.78 is 0. The highest BCUT2D eigenvalue weighted by molar-refractivity contribution is 6.05. The first kappa shape index (κ1) is 12.2. The fraction of sp³-hybridized carbons (Fsp3) is 0.133. The Morgan fingerprint density at radius 3 is 2.22 bits per heavy atom. The maximum Gasteiger partial charge on any atom is 0.255 e. The zero-order valence-electron chi connectivity index (χ0n) is 10.3. The van der Waals surface area contributed by atoms with E-state index in [9.17, 15) is 4.79 Å². The third-order valence-corrected chi connectivity index (χ3v) is 2.58. The zero-order chi connectivity index (χ0) is 12.8. The number of hydrogen-bond acceptors (Lipinski definition) is 2. The van der Waals surface area contributed by atoms with Gasteiger partial charge >= 0.3 is 0 Å². The smallest absolute Gasteiger partial charge is 0.255 e. The van der Waals surface area contributed by atoms with E-state index >= 15 is 0 Å². The molecule has 3 nitrogen and oxygen atoms in total. The Labute approximate surface area is 107 Å². The van der Waals surface area contributed by atoms with E-state index < -0.39 is 0 Å². The summed E-state index contributed by atoms with van der Waals surface area (Å²) in [7, 11) is 0. The van der Waals surface area contributed by atoms with Crippen LogP contribution in [0.3, 0.4) is 0 Å². The first-order chi connectivity index (χ1) is 8.81. The summed E-state index contributed by atoms with van der Waals surface area (Å²) in [4.78, 5) is 12.0. The summed E-state index contributed by atoms with van der Waals surface area (Å²) in [5.41, 5.74) is 2.39. The van der Waals surface area contributed by atoms with Crippen LogP contribution in [0.2, 0.25) is 0 Å². The maximum absolute atomic E-state index is 12.0. The maximum atomic E-state index is 12.0. The molecule has 0 aromatic heterocycles. The summed E-state index contributed by atoms with van der Waals surface area (Å²) in [6, 6.07) is 16.9. The van der Waals surface area contributed by atoms with Crippen molar-refractivity contribution in [2.75, 3.05) is 17.2 Å². The molecule has 1 amide bonds. The van der Waals surface area contributed by atoms with E-state index in [0.717, 1.165) is 17.9 Å². The van der Waals surface area contributed by atoms with E-state index in [-0.39, 0.29) is 5.91 Å². The number of amides is 1. The number of benzene rings is 2. The van der Waals surface area contributed by atoms with Crippen molar-refractivity contribution in [1.29, 1.82) is 0 Å². The minimum Gasteiger partial charge on any atom is -0.384 e. The molecule has 92 valence electrons. The van der Waals surface area contributed by atoms with Crippen LogP contribution in [-0.4, -0.2) is 12.5 Å². The lowest BCUT2D eigenvalue weighted by atomic mass is 10.2. The van der Waals surface area contributed by atoms with Gasteiger partial charge in [-0.3, -0.25) is 4.79 Å². The van der Waals surface area contributed by atoms with Gasteiger partial charge in [-0.05, 0) is 31.2 Å². The van der Waals surface area contributed by atoms with Gasteiger partial charge in [-0.2, -0.15) is 0 Å². The third-order valence-electron chi connectivity index (χ3n) is 2.58. The van der Waals surface area contributed by atoms with Crippen molar-refractivity contribution in [2.45, 2.75) is 6.92 Å². The minimum atomic E-state index is -0.0963. The third kappa shape index (κ3) is 2.88. The molecule has 0 fully saturated rings. The van der Waals surface area contributed by atoms with Crippen LogP contribution in [0.4, 0.5) is 11.4 Å². The number of nitrogens with one attached hydrogen (secondary N) is 2. The van der Waals surface area contributed by atoms with Crippen LogP contribution in [0.1, 0.15) is 17.3 Å². The van der Waals surface area contributed by atoms with Crippen LogP contribution in [0, 0.1) is 0 Å². The molecular weight excluding hydrogens is 224 g/mol. The lowest BCUT2D eigenvalue weighted by Gasteiger charge is -2.11. The molecule has 0 atom stereocenters. The lowest BCUT2D eigenvalue weighted by molar-refractivity contribution is 0.102. The van der Waals surface area contributed by atoms with Gasteiger partial charge in [-0.15, -0.1) is 0 Å². The Morgan fingerprint density at radius 1 is 0.944 bits per heavy atom. The molecular formula is C15H16N2O. The van der Waals surface area contributed by atoms with Gasteiger partial charge < -0.3 is 10.6 Å². The van der Waals surface area contributed by atoms with Crippen LogP contribution in [0.5, 0.6) is 0 Å². The summed E-state index contributed by atoms with van der Waals surface area (Å²) in [5, 5.41) is 6.13. The molecule has 0 bridgehead atoms. The second-order valence-corrected chi connectivity index (χ2v) is 3.90. The van der Waals surface area contributed by atoms with Gasteiger partial charge in [0.25, 0.3) is 5.91 Å². The molecule has 0 unspecified atom stereocenters. The molecule has 2 aromatic carbocycles. The fourth-order valence-electron chi connectivity index (χ4n) is 1.72. The Hall–Kier alpha value is -2.29. The van der Waals surface area contributed by atoms with Gasteiger partial charge in [0.1, 0.15) is 0 Å². The molecule has 2 aromatic rings. The van der Waals surface area contributed by atoms with E-state index in [2.05, 4.69) is 10.6 Å². The number of carbonyl (C=O) groups excluding carboxylic acids is 1. The molecule has 2 rings (SSSR count). The molecule has 3 heteroatoms. The van der Waals surface area contributed by atoms with Gasteiger partial charge in [0.2, 0.25) is 0 Å². The SMILES string of the molecule is CCNc1ccccc1NC(=O)c1ccccc1. The Bertz CT molecular complexity index is 523. The van der Waals surface area contributed by atoms with E-state index in [1.54, 1.807) is 12.1 Å². The predicted octanol–water partition coefficient (Wildman–Crippen LogP) is 3.37. The lowest BCUT2D eigenvalue weighted by Crippen LogP contribution is -2.13. The second-order valence-electron chi connectivity index (χ2n) is 3.90. The number of hydrogen-bond donors (Lipinski definition) is 2. The number of carbonyl (C=O) groups is 1. The van der Waals surface area contributed by atoms with Crippen LogP contribution in [0.25, 0.3) is 0 Å². The standard InChI is InChI=1S/C15H16N2O/c1-2-16-13-10-6-7-11-14(13)17-15(18)12-8-4-3-5-9-12/h3-11,16H,2H2,1H3,(H,17,18). The molecule has 0 saturated carbocycles. The average molecular weight is 240 g/mol. The normalized spacial score (nSPS) is 9.83. The van der Waals surface area contributed by atoms with E-state index in [0.29, 0.717) is 5.56 Å². The molecule has 0 aliphatic rings. The highest BCUT2D eigenvalue weighted by Gasteiger charge is 2.07. The molecule has 0 saturated heterocycles. The fourth-order valence-corrected chi connectivity index (χ4v) is 1.72. The molecule has 0 aliphatic carbocycles. The minimum absolute atomic E-state index is 0.0963. The van der Waals surface area contributed by atoms with Gasteiger partial charge in [0, 0.05) is 12.1 Å². The summed E-state index contributed by atoms with van der Waals surface area (Å²) in [5.74, 6) is -0.0963. The number of anilines is 2. The van der Waals surface area contributed by atoms with Crippen LogP contribution in [0.15, 0.2) is 54.6 Å². The van der Waals surface area contributed by atoms with Crippen molar-refractivity contribution in [3.63, 3.8) is 0 Å². The van der Waals surface area contributed by atoms with Crippen molar-refractivity contribution in [1.82, 2.24) is 0 Å². The van der Waals surface area contributed by atoms with Crippen LogP contribution < -0.4 is 10.6 Å². The van der Waals surface area contributed by atoms with Gasteiger partial charge in [-0.1, -0.05) is 30.3 Å². The topological polar surface area (TPSA) is 41.1 Å². The first-order valence-corrected chi connectivity index (χ1v) is 6.00. The average Bonchev–Trinajstić information content (AvgIpc) is 2.42. The molecule has 2 N–H and O–H groups in total. The van der Waals surface area contributed by atoms with Crippen molar-refractivity contribution >= 4 is 17.3 Å². The Balaban J connectivity index is 2.17. The van der Waals surface area contributed by atoms with Gasteiger partial charge in [0.05, 0.1) is 11.4 Å². The zero-order valence-corrected chi connectivity index (χ0v) is 10.3. The molecule has 0 heterocycles. The molecule has 0 radical (unpaired) electrons. The van der Waals surface area contributed by atoms with Gasteiger partial charge in [0.15, 0.2) is 0 Å².